The average molecular weight is 371 g/mol. The fourth-order valence-corrected chi connectivity index (χ4v) is 3.24. The van der Waals surface area contributed by atoms with Crippen molar-refractivity contribution in [2.75, 3.05) is 7.05 Å². The van der Waals surface area contributed by atoms with Crippen LogP contribution >= 0.6 is 11.3 Å². The highest BCUT2D eigenvalue weighted by molar-refractivity contribution is 7.13. The van der Waals surface area contributed by atoms with E-state index in [0.29, 0.717) is 17.5 Å². The molecule has 0 saturated carbocycles. The van der Waals surface area contributed by atoms with E-state index >= 15 is 0 Å². The van der Waals surface area contributed by atoms with Gasteiger partial charge in [-0.05, 0) is 43.8 Å². The summed E-state index contributed by atoms with van der Waals surface area (Å²) in [4.78, 5) is 19.4. The summed E-state index contributed by atoms with van der Waals surface area (Å²) in [6.45, 7) is 5.96. The van der Waals surface area contributed by atoms with Crippen LogP contribution in [0.5, 0.6) is 5.75 Å². The Kier molecular flexibility index (Phi) is 5.37. The zero-order valence-electron chi connectivity index (χ0n) is 15.2. The minimum Gasteiger partial charge on any atom is -0.481 e. The van der Waals surface area contributed by atoms with Crippen LogP contribution in [0.3, 0.4) is 0 Å². The highest BCUT2D eigenvalue weighted by Gasteiger charge is 2.22. The second kappa shape index (κ2) is 7.70. The van der Waals surface area contributed by atoms with Crippen molar-refractivity contribution < 1.29 is 14.1 Å². The first kappa shape index (κ1) is 18.1. The molecule has 1 unspecified atom stereocenters. The lowest BCUT2D eigenvalue weighted by atomic mass is 10.1. The van der Waals surface area contributed by atoms with Crippen LogP contribution in [0, 0.1) is 13.8 Å². The molecule has 0 radical (unpaired) electrons. The molecule has 0 N–H and O–H groups in total. The lowest BCUT2D eigenvalue weighted by Crippen LogP contribution is -2.37. The van der Waals surface area contributed by atoms with Gasteiger partial charge in [0, 0.05) is 7.05 Å². The number of benzene rings is 1. The van der Waals surface area contributed by atoms with Crippen LogP contribution in [0.15, 0.2) is 40.2 Å². The molecule has 2 heterocycles. The molecule has 1 amide bonds. The lowest BCUT2D eigenvalue weighted by molar-refractivity contribution is -0.137. The first-order valence-electron chi connectivity index (χ1n) is 8.29. The molecule has 0 aliphatic rings. The Labute approximate surface area is 156 Å². The second-order valence-corrected chi connectivity index (χ2v) is 7.16. The molecule has 2 aromatic heterocycles. The third-order valence-corrected chi connectivity index (χ3v) is 4.81. The van der Waals surface area contributed by atoms with Crippen molar-refractivity contribution in [1.29, 1.82) is 0 Å². The number of hydrogen-bond acceptors (Lipinski definition) is 6. The maximum atomic E-state index is 12.6. The van der Waals surface area contributed by atoms with Gasteiger partial charge in [-0.2, -0.15) is 4.98 Å². The number of rotatable bonds is 6. The normalized spacial score (nSPS) is 12.0. The van der Waals surface area contributed by atoms with Gasteiger partial charge in [-0.15, -0.1) is 11.3 Å². The van der Waals surface area contributed by atoms with Crippen LogP contribution in [0.1, 0.15) is 23.9 Å². The van der Waals surface area contributed by atoms with E-state index in [1.54, 1.807) is 14.0 Å². The van der Waals surface area contributed by atoms with Gasteiger partial charge in [0.15, 0.2) is 6.10 Å². The van der Waals surface area contributed by atoms with Gasteiger partial charge in [0.25, 0.3) is 5.91 Å². The summed E-state index contributed by atoms with van der Waals surface area (Å²) in [6.07, 6.45) is -0.610. The Morgan fingerprint density at radius 3 is 2.85 bits per heavy atom. The Morgan fingerprint density at radius 2 is 2.15 bits per heavy atom. The number of nitrogens with zero attached hydrogens (tertiary/aromatic N) is 3. The Balaban J connectivity index is 1.62. The maximum absolute atomic E-state index is 12.6. The topological polar surface area (TPSA) is 68.5 Å². The Bertz CT molecular complexity index is 889. The van der Waals surface area contributed by atoms with Gasteiger partial charge in [0.1, 0.15) is 5.75 Å². The van der Waals surface area contributed by atoms with Crippen molar-refractivity contribution in [2.45, 2.75) is 33.4 Å². The molecule has 0 aliphatic heterocycles. The highest BCUT2D eigenvalue weighted by Crippen LogP contribution is 2.22. The van der Waals surface area contributed by atoms with Gasteiger partial charge in [0.2, 0.25) is 11.7 Å². The quantitative estimate of drug-likeness (QED) is 0.658. The van der Waals surface area contributed by atoms with E-state index in [0.717, 1.165) is 16.0 Å². The number of ether oxygens (including phenoxy) is 1. The van der Waals surface area contributed by atoms with Crippen LogP contribution in [0.4, 0.5) is 0 Å². The molecule has 0 saturated heterocycles. The third kappa shape index (κ3) is 4.11. The maximum Gasteiger partial charge on any atom is 0.263 e. The van der Waals surface area contributed by atoms with E-state index < -0.39 is 6.10 Å². The molecule has 0 bridgehead atoms. The predicted octanol–water partition coefficient (Wildman–Crippen LogP) is 3.84. The van der Waals surface area contributed by atoms with Crippen LogP contribution in [0.2, 0.25) is 0 Å². The van der Waals surface area contributed by atoms with Crippen molar-refractivity contribution in [3.05, 3.63) is 52.7 Å². The minimum atomic E-state index is -0.610. The summed E-state index contributed by atoms with van der Waals surface area (Å²) in [5.41, 5.74) is 2.16. The van der Waals surface area contributed by atoms with Crippen molar-refractivity contribution in [3.8, 4) is 16.5 Å². The summed E-state index contributed by atoms with van der Waals surface area (Å²) >= 11 is 1.54. The van der Waals surface area contributed by atoms with E-state index in [4.69, 9.17) is 9.26 Å². The molecule has 0 aliphatic carbocycles. The second-order valence-electron chi connectivity index (χ2n) is 6.21. The van der Waals surface area contributed by atoms with E-state index in [-0.39, 0.29) is 12.5 Å². The van der Waals surface area contributed by atoms with Gasteiger partial charge in [-0.25, -0.2) is 0 Å². The summed E-state index contributed by atoms with van der Waals surface area (Å²) < 4.78 is 11.1. The molecule has 136 valence electrons. The average Bonchev–Trinajstić information content (AvgIpc) is 3.27. The van der Waals surface area contributed by atoms with Crippen molar-refractivity contribution in [1.82, 2.24) is 15.0 Å². The van der Waals surface area contributed by atoms with E-state index in [1.807, 2.05) is 49.6 Å². The van der Waals surface area contributed by atoms with Gasteiger partial charge >= 0.3 is 0 Å². The lowest BCUT2D eigenvalue weighted by Gasteiger charge is -2.21. The number of aryl methyl sites for hydroxylation is 2. The summed E-state index contributed by atoms with van der Waals surface area (Å²) in [7, 11) is 1.69. The number of hydrogen-bond donors (Lipinski definition) is 0. The molecule has 26 heavy (non-hydrogen) atoms. The number of thiophene rings is 1. The number of carbonyl (C=O) groups is 1. The van der Waals surface area contributed by atoms with Crippen molar-refractivity contribution >= 4 is 17.2 Å². The van der Waals surface area contributed by atoms with E-state index in [1.165, 1.54) is 16.2 Å². The molecule has 0 fully saturated rings. The smallest absolute Gasteiger partial charge is 0.263 e. The molecule has 6 nitrogen and oxygen atoms in total. The third-order valence-electron chi connectivity index (χ3n) is 3.94. The highest BCUT2D eigenvalue weighted by atomic mass is 32.1. The van der Waals surface area contributed by atoms with Crippen LogP contribution < -0.4 is 4.74 Å². The largest absolute Gasteiger partial charge is 0.481 e. The number of amides is 1. The number of likely N-dealkylation sites (N-methyl/N-ethyl adjacent to an activating group) is 1. The zero-order valence-corrected chi connectivity index (χ0v) is 16.0. The zero-order chi connectivity index (χ0) is 18.7. The molecule has 7 heteroatoms. The first-order valence-corrected chi connectivity index (χ1v) is 9.17. The fraction of sp³-hybridized carbons (Fsp3) is 0.316. The van der Waals surface area contributed by atoms with Crippen LogP contribution in [-0.4, -0.2) is 34.1 Å². The minimum absolute atomic E-state index is 0.152. The van der Waals surface area contributed by atoms with Gasteiger partial charge in [-0.3, -0.25) is 4.79 Å². The van der Waals surface area contributed by atoms with Gasteiger partial charge in [-0.1, -0.05) is 28.9 Å². The first-order chi connectivity index (χ1) is 12.4. The standard InChI is InChI=1S/C19H21N3O3S/c1-12-7-8-15(13(2)10-12)24-14(3)19(23)22(4)11-17-20-18(21-25-17)16-6-5-9-26-16/h5-10,14H,11H2,1-4H3. The van der Waals surface area contributed by atoms with Crippen LogP contribution in [0.25, 0.3) is 10.7 Å². The summed E-state index contributed by atoms with van der Waals surface area (Å²) in [6, 6.07) is 9.74. The molecule has 3 aromatic rings. The molecule has 1 aromatic carbocycles. The van der Waals surface area contributed by atoms with Crippen molar-refractivity contribution in [2.24, 2.45) is 0 Å². The Morgan fingerprint density at radius 1 is 1.35 bits per heavy atom. The molecule has 1 atom stereocenters. The SMILES string of the molecule is Cc1ccc(OC(C)C(=O)N(C)Cc2nc(-c3cccs3)no2)c(C)c1. The van der Waals surface area contributed by atoms with Gasteiger partial charge in [0.05, 0.1) is 11.4 Å². The molecular weight excluding hydrogens is 350 g/mol. The molecule has 3 rings (SSSR count). The summed E-state index contributed by atoms with van der Waals surface area (Å²) in [5.74, 6) is 1.49. The van der Waals surface area contributed by atoms with E-state index in [9.17, 15) is 4.79 Å². The Hall–Kier alpha value is -2.67. The van der Waals surface area contributed by atoms with Gasteiger partial charge < -0.3 is 14.2 Å². The number of aromatic nitrogens is 2. The van der Waals surface area contributed by atoms with Crippen molar-refractivity contribution in [3.63, 3.8) is 0 Å². The van der Waals surface area contributed by atoms with E-state index in [2.05, 4.69) is 10.1 Å². The fourth-order valence-electron chi connectivity index (χ4n) is 2.59. The number of carbonyl (C=O) groups excluding carboxylic acids is 1. The summed E-state index contributed by atoms with van der Waals surface area (Å²) in [5, 5.41) is 5.91. The molecule has 0 spiro atoms. The predicted molar refractivity (Wildman–Crippen MR) is 100 cm³/mol. The van der Waals surface area contributed by atoms with Crippen LogP contribution in [-0.2, 0) is 11.3 Å². The monoisotopic (exact) mass is 371 g/mol. The molecular formula is C19H21N3O3S.